The molecule has 1 aliphatic carbocycles. The molecule has 22 heavy (non-hydrogen) atoms. The number of esters is 1. The minimum absolute atomic E-state index is 0.0421. The SMILES string of the molecule is O=C=C1C(C(=O)OCC(Cl)(Cl)Cl)=CC=C(c2ncc[nH]2)C1Cl. The lowest BCUT2D eigenvalue weighted by Gasteiger charge is -2.20. The second-order valence-corrected chi connectivity index (χ2v) is 7.16. The van der Waals surface area contributed by atoms with Crippen molar-refractivity contribution < 1.29 is 14.3 Å². The van der Waals surface area contributed by atoms with Crippen molar-refractivity contribution in [3.8, 4) is 0 Å². The molecule has 1 N–H and O–H groups in total. The van der Waals surface area contributed by atoms with Crippen LogP contribution in [-0.2, 0) is 14.3 Å². The van der Waals surface area contributed by atoms with E-state index in [2.05, 4.69) is 9.97 Å². The fourth-order valence-corrected chi connectivity index (χ4v) is 2.27. The maximum atomic E-state index is 12.0. The second-order valence-electron chi connectivity index (χ2n) is 4.21. The molecule has 0 radical (unpaired) electrons. The summed E-state index contributed by atoms with van der Waals surface area (Å²) in [7, 11) is 0. The maximum Gasteiger partial charge on any atom is 0.339 e. The molecule has 0 saturated heterocycles. The van der Waals surface area contributed by atoms with Crippen molar-refractivity contribution in [2.45, 2.75) is 9.17 Å². The van der Waals surface area contributed by atoms with Crippen LogP contribution in [0.25, 0.3) is 5.57 Å². The van der Waals surface area contributed by atoms with Crippen LogP contribution in [0.1, 0.15) is 5.82 Å². The highest BCUT2D eigenvalue weighted by atomic mass is 35.6. The van der Waals surface area contributed by atoms with Crippen LogP contribution in [-0.4, -0.2) is 37.7 Å². The Morgan fingerprint density at radius 2 is 2.14 bits per heavy atom. The number of nitrogens with zero attached hydrogens (tertiary/aromatic N) is 1. The Morgan fingerprint density at radius 1 is 1.41 bits per heavy atom. The largest absolute Gasteiger partial charge is 0.458 e. The van der Waals surface area contributed by atoms with Crippen molar-refractivity contribution in [3.05, 3.63) is 41.5 Å². The number of imidazole rings is 1. The molecule has 9 heteroatoms. The van der Waals surface area contributed by atoms with Crippen molar-refractivity contribution in [1.29, 1.82) is 0 Å². The first-order chi connectivity index (χ1) is 10.3. The van der Waals surface area contributed by atoms with Crippen LogP contribution in [0.4, 0.5) is 0 Å². The van der Waals surface area contributed by atoms with E-state index in [0.717, 1.165) is 0 Å². The molecule has 0 spiro atoms. The fourth-order valence-electron chi connectivity index (χ4n) is 1.77. The third-order valence-electron chi connectivity index (χ3n) is 2.71. The quantitative estimate of drug-likeness (QED) is 0.496. The lowest BCUT2D eigenvalue weighted by Crippen LogP contribution is -2.23. The van der Waals surface area contributed by atoms with Crippen LogP contribution in [0.3, 0.4) is 0 Å². The number of hydrogen-bond donors (Lipinski definition) is 1. The summed E-state index contributed by atoms with van der Waals surface area (Å²) in [5, 5.41) is -0.899. The van der Waals surface area contributed by atoms with Gasteiger partial charge < -0.3 is 9.72 Å². The van der Waals surface area contributed by atoms with Gasteiger partial charge in [0.25, 0.3) is 0 Å². The van der Waals surface area contributed by atoms with Gasteiger partial charge in [0, 0.05) is 18.0 Å². The molecular formula is C13H8Cl4N2O3. The normalized spacial score (nSPS) is 18.4. The zero-order valence-corrected chi connectivity index (χ0v) is 13.8. The molecule has 2 rings (SSSR count). The predicted octanol–water partition coefficient (Wildman–Crippen LogP) is 3.01. The third-order valence-corrected chi connectivity index (χ3v) is 3.50. The lowest BCUT2D eigenvalue weighted by atomic mass is 9.93. The highest BCUT2D eigenvalue weighted by Crippen LogP contribution is 2.34. The number of rotatable bonds is 3. The average Bonchev–Trinajstić information content (AvgIpc) is 2.97. The van der Waals surface area contributed by atoms with Gasteiger partial charge >= 0.3 is 5.97 Å². The number of nitrogens with one attached hydrogen (secondary N) is 1. The molecule has 0 saturated carbocycles. The molecule has 0 bridgehead atoms. The van der Waals surface area contributed by atoms with Crippen molar-refractivity contribution in [2.75, 3.05) is 6.61 Å². The Morgan fingerprint density at radius 3 is 2.68 bits per heavy atom. The average molecular weight is 382 g/mol. The van der Waals surface area contributed by atoms with Crippen molar-refractivity contribution >= 4 is 63.9 Å². The molecular weight excluding hydrogens is 374 g/mol. The van der Waals surface area contributed by atoms with Crippen LogP contribution >= 0.6 is 46.4 Å². The minimum Gasteiger partial charge on any atom is -0.458 e. The number of ether oxygens (including phenoxy) is 1. The molecule has 1 aliphatic rings. The molecule has 1 heterocycles. The first-order valence-corrected chi connectivity index (χ1v) is 7.45. The molecule has 1 unspecified atom stereocenters. The van der Waals surface area contributed by atoms with Crippen LogP contribution < -0.4 is 0 Å². The van der Waals surface area contributed by atoms with E-state index in [9.17, 15) is 9.59 Å². The van der Waals surface area contributed by atoms with E-state index >= 15 is 0 Å². The zero-order valence-electron chi connectivity index (χ0n) is 10.8. The number of aromatic amines is 1. The molecule has 116 valence electrons. The first kappa shape index (κ1) is 17.1. The zero-order chi connectivity index (χ0) is 16.3. The number of alkyl halides is 4. The smallest absolute Gasteiger partial charge is 0.339 e. The molecule has 0 fully saturated rings. The summed E-state index contributed by atoms with van der Waals surface area (Å²) in [6, 6.07) is 0. The van der Waals surface area contributed by atoms with Crippen molar-refractivity contribution in [3.63, 3.8) is 0 Å². The summed E-state index contributed by atoms with van der Waals surface area (Å²) >= 11 is 22.7. The van der Waals surface area contributed by atoms with Crippen LogP contribution in [0.15, 0.2) is 35.7 Å². The van der Waals surface area contributed by atoms with E-state index in [-0.39, 0.29) is 11.1 Å². The van der Waals surface area contributed by atoms with Gasteiger partial charge in [0.1, 0.15) is 18.4 Å². The van der Waals surface area contributed by atoms with Crippen LogP contribution in [0.2, 0.25) is 0 Å². The number of allylic oxidation sites excluding steroid dienone is 3. The van der Waals surface area contributed by atoms with Crippen molar-refractivity contribution in [2.24, 2.45) is 0 Å². The Labute approximate surface area is 145 Å². The lowest BCUT2D eigenvalue weighted by molar-refractivity contribution is -0.138. The van der Waals surface area contributed by atoms with E-state index in [1.54, 1.807) is 24.4 Å². The summed E-state index contributed by atoms with van der Waals surface area (Å²) in [6.45, 7) is -0.457. The highest BCUT2D eigenvalue weighted by molar-refractivity contribution is 6.67. The van der Waals surface area contributed by atoms with Gasteiger partial charge in [-0.25, -0.2) is 14.6 Å². The van der Waals surface area contributed by atoms with Gasteiger partial charge in [0.2, 0.25) is 3.79 Å². The number of carbonyl (C=O) groups excluding carboxylic acids is 2. The van der Waals surface area contributed by atoms with Gasteiger partial charge in [-0.1, -0.05) is 40.9 Å². The summed E-state index contributed by atoms with van der Waals surface area (Å²) < 4.78 is 3.09. The first-order valence-electron chi connectivity index (χ1n) is 5.88. The topological polar surface area (TPSA) is 72.1 Å². The minimum atomic E-state index is -1.74. The van der Waals surface area contributed by atoms with Crippen molar-refractivity contribution in [1.82, 2.24) is 9.97 Å². The van der Waals surface area contributed by atoms with Gasteiger partial charge in [-0.2, -0.15) is 0 Å². The maximum absolute atomic E-state index is 12.0. The molecule has 1 aromatic heterocycles. The van der Waals surface area contributed by atoms with E-state index < -0.39 is 21.7 Å². The molecule has 5 nitrogen and oxygen atoms in total. The molecule has 0 aromatic carbocycles. The number of hydrogen-bond acceptors (Lipinski definition) is 4. The Hall–Kier alpha value is -1.23. The third kappa shape index (κ3) is 3.94. The molecule has 0 amide bonds. The summed E-state index contributed by atoms with van der Waals surface area (Å²) in [5.74, 6) is 1.31. The van der Waals surface area contributed by atoms with Gasteiger partial charge in [-0.3, -0.25) is 0 Å². The Kier molecular flexibility index (Phi) is 5.37. The number of aromatic nitrogens is 2. The van der Waals surface area contributed by atoms with Gasteiger partial charge in [-0.15, -0.1) is 11.6 Å². The standard InChI is InChI=1S/C13H8Cl4N2O3/c14-10-8(11-18-3-4-19-11)2-1-7(9(10)5-20)12(21)22-6-13(15,16)17/h1-4,10H,6H2,(H,18,19). The van der Waals surface area contributed by atoms with E-state index in [1.165, 1.54) is 6.08 Å². The Bertz CT molecular complexity index is 683. The molecule has 1 atom stereocenters. The second kappa shape index (κ2) is 6.90. The van der Waals surface area contributed by atoms with E-state index in [1.807, 2.05) is 0 Å². The molecule has 1 aromatic rings. The van der Waals surface area contributed by atoms with E-state index in [4.69, 9.17) is 51.1 Å². The summed E-state index contributed by atoms with van der Waals surface area (Å²) in [4.78, 5) is 30.1. The van der Waals surface area contributed by atoms with Crippen LogP contribution in [0.5, 0.6) is 0 Å². The highest BCUT2D eigenvalue weighted by Gasteiger charge is 2.32. The Balaban J connectivity index is 2.28. The predicted molar refractivity (Wildman–Crippen MR) is 84.7 cm³/mol. The monoisotopic (exact) mass is 380 g/mol. The molecule has 0 aliphatic heterocycles. The number of carbonyl (C=O) groups is 1. The fraction of sp³-hybridized carbons (Fsp3) is 0.231. The summed E-state index contributed by atoms with van der Waals surface area (Å²) in [5.41, 5.74) is 0.424. The van der Waals surface area contributed by atoms with Gasteiger partial charge in [0.05, 0.1) is 16.5 Å². The summed E-state index contributed by atoms with van der Waals surface area (Å²) in [6.07, 6.45) is 6.10. The van der Waals surface area contributed by atoms with E-state index in [0.29, 0.717) is 11.4 Å². The van der Waals surface area contributed by atoms with Gasteiger partial charge in [0.15, 0.2) is 0 Å². The number of H-pyrrole nitrogens is 1. The van der Waals surface area contributed by atoms with Crippen LogP contribution in [0, 0.1) is 0 Å². The van der Waals surface area contributed by atoms with Gasteiger partial charge in [-0.05, 0) is 6.08 Å². The number of halogens is 4.